The van der Waals surface area contributed by atoms with E-state index in [0.717, 1.165) is 6.42 Å². The normalized spacial score (nSPS) is 16.8. The van der Waals surface area contributed by atoms with Crippen LogP contribution in [-0.2, 0) is 0 Å². The summed E-state index contributed by atoms with van der Waals surface area (Å²) in [5.74, 6) is 0. The standard InChI is InChI=1S/C7H18N2O/c1-3-7(2,6-8)9-4-5-10/h9-10H,3-6,8H2,1-2H3. The zero-order valence-electron chi connectivity index (χ0n) is 6.85. The zero-order valence-corrected chi connectivity index (χ0v) is 6.85. The molecule has 0 heterocycles. The predicted octanol–water partition coefficient (Wildman–Crippen LogP) is -0.304. The SMILES string of the molecule is CCC(C)(CN)NCCO. The number of β-amino-alcohol motifs (C(OH)–C–C–N with tert-alkyl or cyclic N) is 1. The molecule has 0 saturated heterocycles. The lowest BCUT2D eigenvalue weighted by atomic mass is 9.99. The number of rotatable bonds is 5. The average Bonchev–Trinajstić information content (AvgIpc) is 2.00. The summed E-state index contributed by atoms with van der Waals surface area (Å²) < 4.78 is 0. The minimum Gasteiger partial charge on any atom is -0.395 e. The maximum absolute atomic E-state index is 8.52. The Labute approximate surface area is 62.6 Å². The molecule has 0 spiro atoms. The Morgan fingerprint density at radius 3 is 2.50 bits per heavy atom. The van der Waals surface area contributed by atoms with Crippen molar-refractivity contribution in [2.75, 3.05) is 19.7 Å². The second-order valence-electron chi connectivity index (χ2n) is 2.77. The second kappa shape index (κ2) is 4.66. The van der Waals surface area contributed by atoms with Gasteiger partial charge in [-0.15, -0.1) is 0 Å². The van der Waals surface area contributed by atoms with Gasteiger partial charge in [0.25, 0.3) is 0 Å². The third-order valence-electron chi connectivity index (χ3n) is 1.89. The van der Waals surface area contributed by atoms with Crippen molar-refractivity contribution >= 4 is 0 Å². The largest absolute Gasteiger partial charge is 0.395 e. The molecule has 0 rings (SSSR count). The van der Waals surface area contributed by atoms with Gasteiger partial charge in [0.1, 0.15) is 0 Å². The fourth-order valence-electron chi connectivity index (χ4n) is 0.699. The third kappa shape index (κ3) is 3.15. The molecule has 0 saturated carbocycles. The van der Waals surface area contributed by atoms with Crippen molar-refractivity contribution < 1.29 is 5.11 Å². The van der Waals surface area contributed by atoms with Gasteiger partial charge in [0, 0.05) is 18.6 Å². The van der Waals surface area contributed by atoms with Gasteiger partial charge in [-0.2, -0.15) is 0 Å². The van der Waals surface area contributed by atoms with Crippen LogP contribution < -0.4 is 11.1 Å². The lowest BCUT2D eigenvalue weighted by Gasteiger charge is -2.27. The van der Waals surface area contributed by atoms with E-state index in [1.807, 2.05) is 0 Å². The molecule has 10 heavy (non-hydrogen) atoms. The van der Waals surface area contributed by atoms with Crippen molar-refractivity contribution in [2.45, 2.75) is 25.8 Å². The number of nitrogens with two attached hydrogens (primary N) is 1. The molecule has 3 nitrogen and oxygen atoms in total. The van der Waals surface area contributed by atoms with E-state index >= 15 is 0 Å². The molecule has 0 aliphatic heterocycles. The maximum atomic E-state index is 8.52. The molecule has 0 bridgehead atoms. The maximum Gasteiger partial charge on any atom is 0.0556 e. The topological polar surface area (TPSA) is 58.3 Å². The second-order valence-corrected chi connectivity index (χ2v) is 2.77. The van der Waals surface area contributed by atoms with E-state index in [1.165, 1.54) is 0 Å². The Bertz CT molecular complexity index is 81.7. The fourth-order valence-corrected chi connectivity index (χ4v) is 0.699. The van der Waals surface area contributed by atoms with Crippen molar-refractivity contribution in [3.63, 3.8) is 0 Å². The Hall–Kier alpha value is -0.120. The van der Waals surface area contributed by atoms with E-state index in [9.17, 15) is 0 Å². The first-order valence-electron chi connectivity index (χ1n) is 3.74. The van der Waals surface area contributed by atoms with Gasteiger partial charge in [-0.3, -0.25) is 0 Å². The predicted molar refractivity (Wildman–Crippen MR) is 42.8 cm³/mol. The Morgan fingerprint density at radius 2 is 2.20 bits per heavy atom. The lowest BCUT2D eigenvalue weighted by Crippen LogP contribution is -2.49. The van der Waals surface area contributed by atoms with Gasteiger partial charge >= 0.3 is 0 Å². The number of hydrogen-bond acceptors (Lipinski definition) is 3. The van der Waals surface area contributed by atoms with Crippen LogP contribution in [0.1, 0.15) is 20.3 Å². The minimum absolute atomic E-state index is 0.00271. The van der Waals surface area contributed by atoms with Crippen LogP contribution in [0.4, 0.5) is 0 Å². The molecular formula is C7H18N2O. The molecule has 62 valence electrons. The monoisotopic (exact) mass is 146 g/mol. The number of aliphatic hydroxyl groups is 1. The van der Waals surface area contributed by atoms with Crippen molar-refractivity contribution in [1.29, 1.82) is 0 Å². The summed E-state index contributed by atoms with van der Waals surface area (Å²) in [6.45, 7) is 5.56. The molecule has 0 radical (unpaired) electrons. The van der Waals surface area contributed by atoms with Gasteiger partial charge in [0.15, 0.2) is 0 Å². The molecule has 0 aliphatic rings. The fraction of sp³-hybridized carbons (Fsp3) is 1.00. The highest BCUT2D eigenvalue weighted by atomic mass is 16.3. The van der Waals surface area contributed by atoms with E-state index < -0.39 is 0 Å². The first kappa shape index (κ1) is 9.88. The highest BCUT2D eigenvalue weighted by Crippen LogP contribution is 2.04. The van der Waals surface area contributed by atoms with Gasteiger partial charge in [-0.1, -0.05) is 6.92 Å². The Balaban J connectivity index is 3.58. The van der Waals surface area contributed by atoms with E-state index in [2.05, 4.69) is 19.2 Å². The summed E-state index contributed by atoms with van der Waals surface area (Å²) in [5.41, 5.74) is 5.52. The van der Waals surface area contributed by atoms with Crippen LogP contribution >= 0.6 is 0 Å². The summed E-state index contributed by atoms with van der Waals surface area (Å²) in [4.78, 5) is 0. The van der Waals surface area contributed by atoms with Crippen LogP contribution in [0.5, 0.6) is 0 Å². The number of aliphatic hydroxyl groups excluding tert-OH is 1. The lowest BCUT2D eigenvalue weighted by molar-refractivity contribution is 0.258. The van der Waals surface area contributed by atoms with E-state index in [-0.39, 0.29) is 12.1 Å². The van der Waals surface area contributed by atoms with E-state index in [4.69, 9.17) is 10.8 Å². The van der Waals surface area contributed by atoms with Crippen molar-refractivity contribution in [2.24, 2.45) is 5.73 Å². The summed E-state index contributed by atoms with van der Waals surface area (Å²) in [5, 5.41) is 11.7. The average molecular weight is 146 g/mol. The van der Waals surface area contributed by atoms with Crippen molar-refractivity contribution in [3.8, 4) is 0 Å². The van der Waals surface area contributed by atoms with Crippen LogP contribution in [0, 0.1) is 0 Å². The first-order valence-corrected chi connectivity index (χ1v) is 3.74. The zero-order chi connectivity index (χ0) is 8.04. The Morgan fingerprint density at radius 1 is 1.60 bits per heavy atom. The van der Waals surface area contributed by atoms with Gasteiger partial charge in [0.05, 0.1) is 6.61 Å². The summed E-state index contributed by atoms with van der Waals surface area (Å²) in [6, 6.07) is 0. The summed E-state index contributed by atoms with van der Waals surface area (Å²) in [7, 11) is 0. The highest BCUT2D eigenvalue weighted by Gasteiger charge is 2.17. The molecular weight excluding hydrogens is 128 g/mol. The minimum atomic E-state index is 0.00271. The smallest absolute Gasteiger partial charge is 0.0556 e. The molecule has 0 aromatic rings. The molecule has 0 aliphatic carbocycles. The van der Waals surface area contributed by atoms with E-state index in [1.54, 1.807) is 0 Å². The third-order valence-corrected chi connectivity index (χ3v) is 1.89. The van der Waals surface area contributed by atoms with Gasteiger partial charge in [-0.05, 0) is 13.3 Å². The quantitative estimate of drug-likeness (QED) is 0.499. The molecule has 0 amide bonds. The van der Waals surface area contributed by atoms with Crippen LogP contribution in [-0.4, -0.2) is 30.3 Å². The first-order chi connectivity index (χ1) is 4.68. The molecule has 0 aromatic heterocycles. The van der Waals surface area contributed by atoms with Gasteiger partial charge < -0.3 is 16.2 Å². The van der Waals surface area contributed by atoms with Crippen molar-refractivity contribution in [1.82, 2.24) is 5.32 Å². The van der Waals surface area contributed by atoms with Crippen LogP contribution in [0.3, 0.4) is 0 Å². The Kier molecular flexibility index (Phi) is 4.60. The molecule has 0 aromatic carbocycles. The molecule has 0 fully saturated rings. The number of hydrogen-bond donors (Lipinski definition) is 3. The summed E-state index contributed by atoms with van der Waals surface area (Å²) >= 11 is 0. The van der Waals surface area contributed by atoms with Crippen LogP contribution in [0.2, 0.25) is 0 Å². The van der Waals surface area contributed by atoms with Crippen LogP contribution in [0.15, 0.2) is 0 Å². The molecule has 3 heteroatoms. The number of nitrogens with one attached hydrogen (secondary N) is 1. The van der Waals surface area contributed by atoms with E-state index in [0.29, 0.717) is 13.1 Å². The molecule has 1 unspecified atom stereocenters. The summed E-state index contributed by atoms with van der Waals surface area (Å²) in [6.07, 6.45) is 0.990. The van der Waals surface area contributed by atoms with Crippen molar-refractivity contribution in [3.05, 3.63) is 0 Å². The van der Waals surface area contributed by atoms with Crippen LogP contribution in [0.25, 0.3) is 0 Å². The molecule has 1 atom stereocenters. The molecule has 4 N–H and O–H groups in total. The highest BCUT2D eigenvalue weighted by molar-refractivity contribution is 4.81. The van der Waals surface area contributed by atoms with Gasteiger partial charge in [0.2, 0.25) is 0 Å². The van der Waals surface area contributed by atoms with Gasteiger partial charge in [-0.25, -0.2) is 0 Å².